The van der Waals surface area contributed by atoms with Crippen LogP contribution in [0, 0.1) is 0 Å². The van der Waals surface area contributed by atoms with Crippen LogP contribution in [0.2, 0.25) is 10.0 Å². The predicted molar refractivity (Wildman–Crippen MR) is 105 cm³/mol. The number of amides is 1. The summed E-state index contributed by atoms with van der Waals surface area (Å²) in [5, 5.41) is 0.747. The number of rotatable bonds is 7. The van der Waals surface area contributed by atoms with E-state index in [1.165, 1.54) is 24.8 Å². The number of carbonyl (C=O) groups is 2. The zero-order valence-corrected chi connectivity index (χ0v) is 16.8. The fraction of sp³-hybridized carbons (Fsp3) is 0.300. The number of benzene rings is 2. The van der Waals surface area contributed by atoms with Crippen molar-refractivity contribution in [2.75, 3.05) is 7.05 Å². The minimum atomic E-state index is -0.932. The lowest BCUT2D eigenvalue weighted by atomic mass is 10.2. The average Bonchev–Trinajstić information content (AvgIpc) is 2.63. The maximum absolute atomic E-state index is 12.4. The van der Waals surface area contributed by atoms with Crippen LogP contribution in [0.1, 0.15) is 19.4 Å². The Bertz CT molecular complexity index is 798. The summed E-state index contributed by atoms with van der Waals surface area (Å²) in [5.41, 5.74) is 0.987. The molecule has 5 nitrogen and oxygen atoms in total. The Labute approximate surface area is 168 Å². The molecule has 1 amide bonds. The Hall–Kier alpha value is -2.24. The van der Waals surface area contributed by atoms with Gasteiger partial charge >= 0.3 is 5.97 Å². The highest BCUT2D eigenvalue weighted by Crippen LogP contribution is 2.28. The van der Waals surface area contributed by atoms with Gasteiger partial charge in [-0.2, -0.15) is 0 Å². The third-order valence-corrected chi connectivity index (χ3v) is 4.34. The number of likely N-dealkylation sites (N-methyl/N-ethyl adjacent to an activating group) is 1. The van der Waals surface area contributed by atoms with Gasteiger partial charge in [0.05, 0.1) is 5.02 Å². The minimum Gasteiger partial charge on any atom is -0.477 e. The molecule has 2 atom stereocenters. The highest BCUT2D eigenvalue weighted by atomic mass is 35.5. The maximum atomic E-state index is 12.4. The van der Waals surface area contributed by atoms with E-state index in [0.717, 1.165) is 5.56 Å². The van der Waals surface area contributed by atoms with E-state index >= 15 is 0 Å². The Morgan fingerprint density at radius 2 is 1.70 bits per heavy atom. The molecule has 2 aromatic carbocycles. The molecule has 27 heavy (non-hydrogen) atoms. The van der Waals surface area contributed by atoms with Crippen LogP contribution in [-0.4, -0.2) is 36.0 Å². The molecule has 7 heteroatoms. The van der Waals surface area contributed by atoms with Crippen molar-refractivity contribution in [1.29, 1.82) is 0 Å². The molecule has 0 N–H and O–H groups in total. The first-order chi connectivity index (χ1) is 12.8. The summed E-state index contributed by atoms with van der Waals surface area (Å²) >= 11 is 11.9. The van der Waals surface area contributed by atoms with Crippen molar-refractivity contribution in [2.45, 2.75) is 32.6 Å². The van der Waals surface area contributed by atoms with Gasteiger partial charge in [0.2, 0.25) is 0 Å². The molecule has 0 saturated heterocycles. The Morgan fingerprint density at radius 3 is 2.33 bits per heavy atom. The number of esters is 1. The summed E-state index contributed by atoms with van der Waals surface area (Å²) in [6.45, 7) is 3.48. The normalized spacial score (nSPS) is 12.8. The first kappa shape index (κ1) is 21.1. The number of hydrogen-bond acceptors (Lipinski definition) is 4. The molecular formula is C20H21Cl2NO4. The molecule has 0 aliphatic rings. The van der Waals surface area contributed by atoms with E-state index < -0.39 is 18.2 Å². The molecule has 144 valence electrons. The molecule has 0 radical (unpaired) electrons. The summed E-state index contributed by atoms with van der Waals surface area (Å²) in [5.74, 6) is -0.649. The van der Waals surface area contributed by atoms with Crippen molar-refractivity contribution >= 4 is 35.1 Å². The second-order valence-electron chi connectivity index (χ2n) is 6.09. The second-order valence-corrected chi connectivity index (χ2v) is 6.94. The van der Waals surface area contributed by atoms with Gasteiger partial charge in [-0.3, -0.25) is 4.79 Å². The molecule has 0 unspecified atom stereocenters. The average molecular weight is 410 g/mol. The lowest BCUT2D eigenvalue weighted by molar-refractivity contribution is -0.164. The van der Waals surface area contributed by atoms with Gasteiger partial charge < -0.3 is 14.4 Å². The molecule has 0 saturated carbocycles. The van der Waals surface area contributed by atoms with Gasteiger partial charge in [-0.15, -0.1) is 0 Å². The van der Waals surface area contributed by atoms with Gasteiger partial charge in [0.25, 0.3) is 5.91 Å². The SMILES string of the molecule is C[C@H](Oc1ccc(Cl)cc1Cl)C(=O)O[C@H](C)C(=O)N(C)Cc1ccccc1. The molecule has 0 aromatic heterocycles. The number of hydrogen-bond donors (Lipinski definition) is 0. The third-order valence-electron chi connectivity index (χ3n) is 3.81. The summed E-state index contributed by atoms with van der Waals surface area (Å²) in [6, 6.07) is 14.2. The van der Waals surface area contributed by atoms with Gasteiger partial charge in [0.15, 0.2) is 12.2 Å². The quantitative estimate of drug-likeness (QED) is 0.637. The van der Waals surface area contributed by atoms with Crippen LogP contribution in [0.5, 0.6) is 5.75 Å². The van der Waals surface area contributed by atoms with E-state index in [2.05, 4.69) is 0 Å². The van der Waals surface area contributed by atoms with Crippen molar-refractivity contribution < 1.29 is 19.1 Å². The van der Waals surface area contributed by atoms with Crippen LogP contribution in [-0.2, 0) is 20.9 Å². The number of ether oxygens (including phenoxy) is 2. The Morgan fingerprint density at radius 1 is 1.04 bits per heavy atom. The Balaban J connectivity index is 1.90. The van der Waals surface area contributed by atoms with Crippen molar-refractivity contribution in [2.24, 2.45) is 0 Å². The predicted octanol–water partition coefficient (Wildman–Crippen LogP) is 4.35. The highest BCUT2D eigenvalue weighted by Gasteiger charge is 2.25. The molecule has 2 aromatic rings. The van der Waals surface area contributed by atoms with E-state index in [0.29, 0.717) is 17.3 Å². The van der Waals surface area contributed by atoms with Gasteiger partial charge in [-0.05, 0) is 37.6 Å². The Kier molecular flexibility index (Phi) is 7.51. The molecule has 0 heterocycles. The lowest BCUT2D eigenvalue weighted by Gasteiger charge is -2.23. The standard InChI is InChI=1S/C20H21Cl2NO4/c1-13(19(24)23(3)12-15-7-5-4-6-8-15)27-20(25)14(2)26-18-10-9-16(21)11-17(18)22/h4-11,13-14H,12H2,1-3H3/t13-,14+/m1/s1. The monoisotopic (exact) mass is 409 g/mol. The third kappa shape index (κ3) is 6.15. The smallest absolute Gasteiger partial charge is 0.347 e. The van der Waals surface area contributed by atoms with Crippen LogP contribution in [0.4, 0.5) is 0 Å². The lowest BCUT2D eigenvalue weighted by Crippen LogP contribution is -2.39. The number of nitrogens with zero attached hydrogens (tertiary/aromatic N) is 1. The molecule has 0 bridgehead atoms. The summed E-state index contributed by atoms with van der Waals surface area (Å²) in [7, 11) is 1.66. The molecular weight excluding hydrogens is 389 g/mol. The zero-order chi connectivity index (χ0) is 20.0. The van der Waals surface area contributed by atoms with E-state index in [1.807, 2.05) is 30.3 Å². The molecule has 0 spiro atoms. The fourth-order valence-corrected chi connectivity index (χ4v) is 2.83. The van der Waals surface area contributed by atoms with Crippen LogP contribution in [0.15, 0.2) is 48.5 Å². The van der Waals surface area contributed by atoms with Crippen LogP contribution >= 0.6 is 23.2 Å². The van der Waals surface area contributed by atoms with E-state index in [-0.39, 0.29) is 10.9 Å². The topological polar surface area (TPSA) is 55.8 Å². The second kappa shape index (κ2) is 9.62. The van der Waals surface area contributed by atoms with Gasteiger partial charge in [0, 0.05) is 18.6 Å². The van der Waals surface area contributed by atoms with Crippen LogP contribution in [0.3, 0.4) is 0 Å². The summed E-state index contributed by atoms with van der Waals surface area (Å²) in [6.07, 6.45) is -1.86. The van der Waals surface area contributed by atoms with Crippen molar-refractivity contribution in [3.05, 3.63) is 64.1 Å². The van der Waals surface area contributed by atoms with Crippen LogP contribution < -0.4 is 4.74 Å². The fourth-order valence-electron chi connectivity index (χ4n) is 2.38. The molecule has 0 aliphatic carbocycles. The first-order valence-corrected chi connectivity index (χ1v) is 9.14. The van der Waals surface area contributed by atoms with E-state index in [1.54, 1.807) is 19.2 Å². The largest absolute Gasteiger partial charge is 0.477 e. The minimum absolute atomic E-state index is 0.286. The van der Waals surface area contributed by atoms with Crippen LogP contribution in [0.25, 0.3) is 0 Å². The molecule has 0 fully saturated rings. The summed E-state index contributed by atoms with van der Waals surface area (Å²) in [4.78, 5) is 26.2. The van der Waals surface area contributed by atoms with Crippen molar-refractivity contribution in [1.82, 2.24) is 4.90 Å². The van der Waals surface area contributed by atoms with Gasteiger partial charge in [0.1, 0.15) is 5.75 Å². The van der Waals surface area contributed by atoms with E-state index in [4.69, 9.17) is 32.7 Å². The van der Waals surface area contributed by atoms with Gasteiger partial charge in [-0.1, -0.05) is 53.5 Å². The zero-order valence-electron chi connectivity index (χ0n) is 15.3. The maximum Gasteiger partial charge on any atom is 0.347 e. The van der Waals surface area contributed by atoms with Gasteiger partial charge in [-0.25, -0.2) is 4.79 Å². The number of carbonyl (C=O) groups excluding carboxylic acids is 2. The molecule has 0 aliphatic heterocycles. The first-order valence-electron chi connectivity index (χ1n) is 8.39. The van der Waals surface area contributed by atoms with Crippen molar-refractivity contribution in [3.63, 3.8) is 0 Å². The summed E-state index contributed by atoms with van der Waals surface area (Å²) < 4.78 is 10.8. The molecule has 2 rings (SSSR count). The van der Waals surface area contributed by atoms with Crippen molar-refractivity contribution in [3.8, 4) is 5.75 Å². The highest BCUT2D eigenvalue weighted by molar-refractivity contribution is 6.35. The van der Waals surface area contributed by atoms with E-state index in [9.17, 15) is 9.59 Å². The number of halogens is 2.